The summed E-state index contributed by atoms with van der Waals surface area (Å²) in [6, 6.07) is 5.01. The Morgan fingerprint density at radius 2 is 2.05 bits per heavy atom. The van der Waals surface area contributed by atoms with E-state index in [2.05, 4.69) is 15.3 Å². The molecule has 0 radical (unpaired) electrons. The maximum atomic E-state index is 6.01. The third-order valence-electron chi connectivity index (χ3n) is 2.35. The van der Waals surface area contributed by atoms with Crippen LogP contribution in [0.15, 0.2) is 30.6 Å². The SMILES string of the molecule is CCNCc1cnc(Oc2ccc(Cl)cc2Cl)cn1. The van der Waals surface area contributed by atoms with Gasteiger partial charge in [0, 0.05) is 11.6 Å². The normalized spacial score (nSPS) is 10.5. The lowest BCUT2D eigenvalue weighted by molar-refractivity contribution is 0.459. The van der Waals surface area contributed by atoms with E-state index in [0.29, 0.717) is 28.2 Å². The highest BCUT2D eigenvalue weighted by Crippen LogP contribution is 2.30. The van der Waals surface area contributed by atoms with E-state index >= 15 is 0 Å². The molecule has 0 amide bonds. The molecule has 0 fully saturated rings. The summed E-state index contributed by atoms with van der Waals surface area (Å²) < 4.78 is 5.54. The number of aromatic nitrogens is 2. The van der Waals surface area contributed by atoms with Crippen LogP contribution in [0.2, 0.25) is 10.0 Å². The van der Waals surface area contributed by atoms with Crippen LogP contribution in [-0.2, 0) is 6.54 Å². The van der Waals surface area contributed by atoms with Crippen LogP contribution < -0.4 is 10.1 Å². The fourth-order valence-corrected chi connectivity index (χ4v) is 1.86. The van der Waals surface area contributed by atoms with Crippen molar-refractivity contribution in [3.8, 4) is 11.6 Å². The molecule has 1 heterocycles. The van der Waals surface area contributed by atoms with E-state index in [1.165, 1.54) is 0 Å². The Labute approximate surface area is 121 Å². The van der Waals surface area contributed by atoms with Gasteiger partial charge in [0.15, 0.2) is 0 Å². The standard InChI is InChI=1S/C13H13Cl2N3O/c1-2-16-6-10-7-18-13(8-17-10)19-12-4-3-9(14)5-11(12)15/h3-5,7-8,16H,2,6H2,1H3. The van der Waals surface area contributed by atoms with Crippen molar-refractivity contribution in [3.05, 3.63) is 46.3 Å². The van der Waals surface area contributed by atoms with E-state index in [0.717, 1.165) is 12.2 Å². The molecule has 2 aromatic rings. The molecule has 6 heteroatoms. The lowest BCUT2D eigenvalue weighted by atomic mass is 10.3. The van der Waals surface area contributed by atoms with Crippen molar-refractivity contribution in [1.29, 1.82) is 0 Å². The van der Waals surface area contributed by atoms with Crippen LogP contribution in [0.5, 0.6) is 11.6 Å². The van der Waals surface area contributed by atoms with Crippen LogP contribution in [0.3, 0.4) is 0 Å². The molecular formula is C13H13Cl2N3O. The summed E-state index contributed by atoms with van der Waals surface area (Å²) in [5.41, 5.74) is 0.858. The zero-order chi connectivity index (χ0) is 13.7. The van der Waals surface area contributed by atoms with Crippen molar-refractivity contribution in [3.63, 3.8) is 0 Å². The lowest BCUT2D eigenvalue weighted by Gasteiger charge is -2.07. The van der Waals surface area contributed by atoms with Crippen LogP contribution in [-0.4, -0.2) is 16.5 Å². The van der Waals surface area contributed by atoms with E-state index in [-0.39, 0.29) is 0 Å². The van der Waals surface area contributed by atoms with E-state index in [1.54, 1.807) is 30.6 Å². The van der Waals surface area contributed by atoms with Gasteiger partial charge in [-0.3, -0.25) is 4.98 Å². The van der Waals surface area contributed by atoms with Gasteiger partial charge in [-0.25, -0.2) is 4.98 Å². The minimum Gasteiger partial charge on any atom is -0.436 e. The number of nitrogens with one attached hydrogen (secondary N) is 1. The molecule has 0 bridgehead atoms. The van der Waals surface area contributed by atoms with E-state index < -0.39 is 0 Å². The van der Waals surface area contributed by atoms with Crippen molar-refractivity contribution in [2.45, 2.75) is 13.5 Å². The second-order valence-electron chi connectivity index (χ2n) is 3.80. The average Bonchev–Trinajstić information content (AvgIpc) is 2.41. The molecule has 0 spiro atoms. The predicted molar refractivity (Wildman–Crippen MR) is 75.9 cm³/mol. The highest BCUT2D eigenvalue weighted by atomic mass is 35.5. The molecule has 0 saturated heterocycles. The van der Waals surface area contributed by atoms with Crippen LogP contribution in [0, 0.1) is 0 Å². The zero-order valence-electron chi connectivity index (χ0n) is 10.4. The number of hydrogen-bond donors (Lipinski definition) is 1. The molecule has 1 aromatic heterocycles. The summed E-state index contributed by atoms with van der Waals surface area (Å²) in [6.07, 6.45) is 3.24. The second kappa shape index (κ2) is 6.70. The monoisotopic (exact) mass is 297 g/mol. The largest absolute Gasteiger partial charge is 0.436 e. The second-order valence-corrected chi connectivity index (χ2v) is 4.65. The highest BCUT2D eigenvalue weighted by molar-refractivity contribution is 6.35. The van der Waals surface area contributed by atoms with Crippen LogP contribution in [0.25, 0.3) is 0 Å². The summed E-state index contributed by atoms with van der Waals surface area (Å²) in [7, 11) is 0. The first-order chi connectivity index (χ1) is 9.19. The van der Waals surface area contributed by atoms with E-state index in [4.69, 9.17) is 27.9 Å². The van der Waals surface area contributed by atoms with Gasteiger partial charge in [0.1, 0.15) is 5.75 Å². The Morgan fingerprint density at radius 1 is 1.21 bits per heavy atom. The number of rotatable bonds is 5. The highest BCUT2D eigenvalue weighted by Gasteiger charge is 2.05. The van der Waals surface area contributed by atoms with E-state index in [9.17, 15) is 0 Å². The number of ether oxygens (including phenoxy) is 1. The molecule has 4 nitrogen and oxygen atoms in total. The maximum Gasteiger partial charge on any atom is 0.237 e. The molecule has 0 unspecified atom stereocenters. The molecule has 2 rings (SSSR count). The first-order valence-corrected chi connectivity index (χ1v) is 6.59. The molecule has 100 valence electrons. The first-order valence-electron chi connectivity index (χ1n) is 5.83. The summed E-state index contributed by atoms with van der Waals surface area (Å²) >= 11 is 11.8. The molecule has 19 heavy (non-hydrogen) atoms. The predicted octanol–water partition coefficient (Wildman–Crippen LogP) is 3.69. The van der Waals surface area contributed by atoms with Gasteiger partial charge in [-0.1, -0.05) is 30.1 Å². The number of benzene rings is 1. The Balaban J connectivity index is 2.06. The quantitative estimate of drug-likeness (QED) is 0.914. The van der Waals surface area contributed by atoms with Crippen molar-refractivity contribution in [2.24, 2.45) is 0 Å². The maximum absolute atomic E-state index is 6.01. The molecule has 0 saturated carbocycles. The molecular weight excluding hydrogens is 285 g/mol. The molecule has 0 aliphatic heterocycles. The minimum atomic E-state index is 0.393. The van der Waals surface area contributed by atoms with E-state index in [1.807, 2.05) is 6.92 Å². The van der Waals surface area contributed by atoms with Gasteiger partial charge >= 0.3 is 0 Å². The van der Waals surface area contributed by atoms with Crippen LogP contribution in [0.4, 0.5) is 0 Å². The van der Waals surface area contributed by atoms with Crippen LogP contribution >= 0.6 is 23.2 Å². The van der Waals surface area contributed by atoms with Gasteiger partial charge in [0.05, 0.1) is 23.1 Å². The molecule has 1 aromatic carbocycles. The third kappa shape index (κ3) is 4.06. The summed E-state index contributed by atoms with van der Waals surface area (Å²) in [5.74, 6) is 0.893. The van der Waals surface area contributed by atoms with Gasteiger partial charge in [-0.15, -0.1) is 0 Å². The van der Waals surface area contributed by atoms with Crippen molar-refractivity contribution in [1.82, 2.24) is 15.3 Å². The Hall–Kier alpha value is -1.36. The lowest BCUT2D eigenvalue weighted by Crippen LogP contribution is -2.13. The smallest absolute Gasteiger partial charge is 0.237 e. The zero-order valence-corrected chi connectivity index (χ0v) is 11.9. The van der Waals surface area contributed by atoms with Crippen molar-refractivity contribution < 1.29 is 4.74 Å². The average molecular weight is 298 g/mol. The fourth-order valence-electron chi connectivity index (χ4n) is 1.41. The Morgan fingerprint density at radius 3 is 2.68 bits per heavy atom. The summed E-state index contributed by atoms with van der Waals surface area (Å²) in [6.45, 7) is 3.61. The van der Waals surface area contributed by atoms with Gasteiger partial charge in [-0.05, 0) is 24.7 Å². The minimum absolute atomic E-state index is 0.393. The molecule has 0 atom stereocenters. The van der Waals surface area contributed by atoms with Crippen LogP contribution in [0.1, 0.15) is 12.6 Å². The topological polar surface area (TPSA) is 47.0 Å². The molecule has 0 aliphatic carbocycles. The third-order valence-corrected chi connectivity index (χ3v) is 2.88. The number of halogens is 2. The Kier molecular flexibility index (Phi) is 4.96. The number of hydrogen-bond acceptors (Lipinski definition) is 4. The summed E-state index contributed by atoms with van der Waals surface area (Å²) in [4.78, 5) is 8.41. The molecule has 1 N–H and O–H groups in total. The first kappa shape index (κ1) is 14.1. The number of nitrogens with zero attached hydrogens (tertiary/aromatic N) is 2. The summed E-state index contributed by atoms with van der Waals surface area (Å²) in [5, 5.41) is 4.17. The van der Waals surface area contributed by atoms with Gasteiger partial charge < -0.3 is 10.1 Å². The van der Waals surface area contributed by atoms with Gasteiger partial charge in [0.25, 0.3) is 0 Å². The van der Waals surface area contributed by atoms with Gasteiger partial charge in [0.2, 0.25) is 5.88 Å². The fraction of sp³-hybridized carbons (Fsp3) is 0.231. The molecule has 0 aliphatic rings. The Bertz CT molecular complexity index is 546. The van der Waals surface area contributed by atoms with Crippen molar-refractivity contribution in [2.75, 3.05) is 6.54 Å². The van der Waals surface area contributed by atoms with Gasteiger partial charge in [-0.2, -0.15) is 0 Å². The van der Waals surface area contributed by atoms with Crippen molar-refractivity contribution >= 4 is 23.2 Å².